The highest BCUT2D eigenvalue weighted by Gasteiger charge is 2.36. The summed E-state index contributed by atoms with van der Waals surface area (Å²) in [7, 11) is 4.06. The van der Waals surface area contributed by atoms with Gasteiger partial charge in [0.05, 0.1) is 16.7 Å². The Morgan fingerprint density at radius 1 is 1.06 bits per heavy atom. The second-order valence-corrected chi connectivity index (χ2v) is 9.55. The molecule has 3 aromatic rings. The number of para-hydroxylation sites is 2. The van der Waals surface area contributed by atoms with Crippen LogP contribution in [0.15, 0.2) is 82.4 Å². The number of amidine groups is 1. The van der Waals surface area contributed by atoms with Crippen molar-refractivity contribution in [3.05, 3.63) is 82.9 Å². The molecular formula is C25H23N4OS2+. The van der Waals surface area contributed by atoms with Gasteiger partial charge in [0.15, 0.2) is 0 Å². The zero-order chi connectivity index (χ0) is 22.2. The third-order valence-electron chi connectivity index (χ3n) is 5.63. The molecule has 1 aromatic heterocycles. The number of aryl methyl sites for hydroxylation is 1. The van der Waals surface area contributed by atoms with Crippen molar-refractivity contribution in [1.82, 2.24) is 4.90 Å². The number of nitrogens with zero attached hydrogens (tertiary/aromatic N) is 4. The fourth-order valence-electron chi connectivity index (χ4n) is 3.84. The Kier molecular flexibility index (Phi) is 5.45. The van der Waals surface area contributed by atoms with Crippen molar-refractivity contribution in [3.8, 4) is 0 Å². The van der Waals surface area contributed by atoms with E-state index in [0.29, 0.717) is 11.4 Å². The molecule has 7 heteroatoms. The first-order valence-electron chi connectivity index (χ1n) is 10.5. The van der Waals surface area contributed by atoms with Crippen molar-refractivity contribution in [3.63, 3.8) is 0 Å². The Balaban J connectivity index is 1.46. The van der Waals surface area contributed by atoms with Gasteiger partial charge in [0.1, 0.15) is 5.52 Å². The number of rotatable bonds is 3. The van der Waals surface area contributed by atoms with Gasteiger partial charge in [-0.1, -0.05) is 36.4 Å². The van der Waals surface area contributed by atoms with E-state index in [-0.39, 0.29) is 5.91 Å². The third-order valence-corrected chi connectivity index (χ3v) is 7.77. The summed E-state index contributed by atoms with van der Waals surface area (Å²) >= 11 is 3.07. The molecule has 0 aliphatic carbocycles. The second kappa shape index (κ2) is 8.41. The number of hydrogen-bond acceptors (Lipinski definition) is 5. The summed E-state index contributed by atoms with van der Waals surface area (Å²) in [6, 6.07) is 16.5. The molecule has 5 nitrogen and oxygen atoms in total. The van der Waals surface area contributed by atoms with E-state index in [1.807, 2.05) is 57.4 Å². The number of amides is 1. The lowest BCUT2D eigenvalue weighted by atomic mass is 10.1. The zero-order valence-corrected chi connectivity index (χ0v) is 19.8. The van der Waals surface area contributed by atoms with Gasteiger partial charge >= 0.3 is 5.13 Å². The van der Waals surface area contributed by atoms with Gasteiger partial charge in [-0.15, -0.1) is 0 Å². The number of aromatic nitrogens is 1. The lowest BCUT2D eigenvalue weighted by Gasteiger charge is -2.26. The smallest absolute Gasteiger partial charge is 0.344 e. The van der Waals surface area contributed by atoms with Gasteiger partial charge in [0, 0.05) is 25.0 Å². The van der Waals surface area contributed by atoms with Crippen LogP contribution >= 0.6 is 23.1 Å². The van der Waals surface area contributed by atoms with Crippen molar-refractivity contribution >= 4 is 61.3 Å². The van der Waals surface area contributed by atoms with E-state index in [2.05, 4.69) is 45.9 Å². The quantitative estimate of drug-likeness (QED) is 0.397. The largest absolute Gasteiger partial charge is 0.385 e. The number of hydrogen-bond donors (Lipinski definition) is 0. The van der Waals surface area contributed by atoms with Crippen LogP contribution in [0.3, 0.4) is 0 Å². The summed E-state index contributed by atoms with van der Waals surface area (Å²) in [5.74, 6) is -0.000272. The molecule has 2 aliphatic heterocycles. The van der Waals surface area contributed by atoms with Gasteiger partial charge in [-0.05, 0) is 77.0 Å². The molecule has 0 saturated carbocycles. The Bertz CT molecular complexity index is 1350. The number of carbonyl (C=O) groups is 1. The fraction of sp³-hybridized carbons (Fsp3) is 0.160. The molecule has 0 bridgehead atoms. The number of aliphatic imine (C=N–C) groups is 1. The van der Waals surface area contributed by atoms with Crippen LogP contribution in [-0.2, 0) is 11.8 Å². The summed E-state index contributed by atoms with van der Waals surface area (Å²) in [5, 5.41) is 1.60. The SMILES string of the molecule is CCN1C(=O)/C(=C/C=C2/C=Cc3ccccc3N2C)S/C1=N\c1sc2ccccc2[n+]1C. The maximum Gasteiger partial charge on any atom is 0.385 e. The third kappa shape index (κ3) is 3.57. The topological polar surface area (TPSA) is 39.8 Å². The number of likely N-dealkylation sites (N-methyl/N-ethyl adjacent to an activating group) is 2. The lowest BCUT2D eigenvalue weighted by molar-refractivity contribution is -0.627. The molecule has 1 fully saturated rings. The first kappa shape index (κ1) is 20.7. The molecule has 2 aromatic carbocycles. The van der Waals surface area contributed by atoms with Gasteiger partial charge in [-0.25, -0.2) is 4.57 Å². The van der Waals surface area contributed by atoms with Crippen LogP contribution < -0.4 is 9.47 Å². The Morgan fingerprint density at radius 3 is 2.66 bits per heavy atom. The van der Waals surface area contributed by atoms with E-state index in [4.69, 9.17) is 4.99 Å². The molecular weight excluding hydrogens is 436 g/mol. The normalized spacial score (nSPS) is 19.7. The van der Waals surface area contributed by atoms with E-state index in [1.165, 1.54) is 22.0 Å². The van der Waals surface area contributed by atoms with Crippen molar-refractivity contribution in [1.29, 1.82) is 0 Å². The number of fused-ring (bicyclic) bond motifs is 2. The maximum absolute atomic E-state index is 13.0. The average molecular weight is 460 g/mol. The number of thioether (sulfide) groups is 1. The minimum atomic E-state index is -0.000272. The summed E-state index contributed by atoms with van der Waals surface area (Å²) in [4.78, 5) is 22.5. The maximum atomic E-state index is 13.0. The van der Waals surface area contributed by atoms with Crippen LogP contribution in [-0.4, -0.2) is 29.6 Å². The summed E-state index contributed by atoms with van der Waals surface area (Å²) < 4.78 is 3.26. The number of carbonyl (C=O) groups excluding carboxylic acids is 1. The Labute approximate surface area is 195 Å². The molecule has 0 radical (unpaired) electrons. The minimum Gasteiger partial charge on any atom is -0.344 e. The predicted molar refractivity (Wildman–Crippen MR) is 135 cm³/mol. The molecule has 0 spiro atoms. The molecule has 32 heavy (non-hydrogen) atoms. The first-order valence-corrected chi connectivity index (χ1v) is 12.1. The molecule has 160 valence electrons. The molecule has 2 aliphatic rings. The lowest BCUT2D eigenvalue weighted by Crippen LogP contribution is -2.30. The number of anilines is 1. The first-order chi connectivity index (χ1) is 15.6. The zero-order valence-electron chi connectivity index (χ0n) is 18.1. The molecule has 0 N–H and O–H groups in total. The van der Waals surface area contributed by atoms with Gasteiger partial charge in [-0.3, -0.25) is 9.69 Å². The summed E-state index contributed by atoms with van der Waals surface area (Å²) in [5.41, 5.74) is 4.52. The van der Waals surface area contributed by atoms with Crippen molar-refractivity contribution in [2.24, 2.45) is 12.0 Å². The Morgan fingerprint density at radius 2 is 1.84 bits per heavy atom. The van der Waals surface area contributed by atoms with Crippen LogP contribution in [0.5, 0.6) is 0 Å². The highest BCUT2D eigenvalue weighted by molar-refractivity contribution is 8.18. The predicted octanol–water partition coefficient (Wildman–Crippen LogP) is 5.24. The molecule has 0 atom stereocenters. The van der Waals surface area contributed by atoms with E-state index in [1.54, 1.807) is 16.2 Å². The molecule has 0 unspecified atom stereocenters. The number of benzene rings is 2. The highest BCUT2D eigenvalue weighted by atomic mass is 32.2. The van der Waals surface area contributed by atoms with Gasteiger partial charge in [0.25, 0.3) is 11.1 Å². The fourth-order valence-corrected chi connectivity index (χ4v) is 5.91. The number of thiazole rings is 1. The molecule has 1 saturated heterocycles. The van der Waals surface area contributed by atoms with Crippen molar-refractivity contribution < 1.29 is 9.36 Å². The minimum absolute atomic E-state index is 0.000272. The van der Waals surface area contributed by atoms with E-state index < -0.39 is 0 Å². The van der Waals surface area contributed by atoms with Crippen LogP contribution in [0.4, 0.5) is 10.8 Å². The average Bonchev–Trinajstić information content (AvgIpc) is 3.29. The molecule has 3 heterocycles. The standard InChI is InChI=1S/C25H23N4OS2/c1-4-29-23(30)22(16-15-18-14-13-17-9-5-6-10-19(17)27(18)2)32-25(29)26-24-28(3)20-11-7-8-12-21(20)31-24/h5-16H,4H2,1-3H3/q+1/b18-15-,22-16-. The monoisotopic (exact) mass is 459 g/mol. The van der Waals surface area contributed by atoms with Gasteiger partial charge in [0.2, 0.25) is 0 Å². The summed E-state index contributed by atoms with van der Waals surface area (Å²) in [6.45, 7) is 2.56. The molecule has 1 amide bonds. The van der Waals surface area contributed by atoms with Crippen LogP contribution in [0.1, 0.15) is 12.5 Å². The summed E-state index contributed by atoms with van der Waals surface area (Å²) in [6.07, 6.45) is 8.10. The van der Waals surface area contributed by atoms with E-state index >= 15 is 0 Å². The van der Waals surface area contributed by atoms with Crippen molar-refractivity contribution in [2.45, 2.75) is 6.92 Å². The van der Waals surface area contributed by atoms with Crippen LogP contribution in [0.2, 0.25) is 0 Å². The molecule has 5 rings (SSSR count). The second-order valence-electron chi connectivity index (χ2n) is 7.53. The van der Waals surface area contributed by atoms with Crippen LogP contribution in [0.25, 0.3) is 16.3 Å². The number of allylic oxidation sites excluding steroid dienone is 3. The highest BCUT2D eigenvalue weighted by Crippen LogP contribution is 2.35. The van der Waals surface area contributed by atoms with Gasteiger partial charge < -0.3 is 4.90 Å². The van der Waals surface area contributed by atoms with E-state index in [0.717, 1.165) is 27.2 Å². The van der Waals surface area contributed by atoms with Crippen LogP contribution in [0, 0.1) is 0 Å². The van der Waals surface area contributed by atoms with Gasteiger partial charge in [-0.2, -0.15) is 0 Å². The van der Waals surface area contributed by atoms with Crippen molar-refractivity contribution in [2.75, 3.05) is 18.5 Å². The Hall–Kier alpha value is -3.16. The van der Waals surface area contributed by atoms with E-state index in [9.17, 15) is 4.79 Å².